The Bertz CT molecular complexity index is 829. The van der Waals surface area contributed by atoms with Crippen molar-refractivity contribution < 1.29 is 36.7 Å². The first-order valence-corrected chi connectivity index (χ1v) is 8.32. The fourth-order valence-corrected chi connectivity index (χ4v) is 2.05. The van der Waals surface area contributed by atoms with Crippen molar-refractivity contribution in [2.75, 3.05) is 18.5 Å². The summed E-state index contributed by atoms with van der Waals surface area (Å²) < 4.78 is 53.8. The van der Waals surface area contributed by atoms with E-state index in [1.807, 2.05) is 6.92 Å². The summed E-state index contributed by atoms with van der Waals surface area (Å²) in [5.74, 6) is -1.10. The van der Waals surface area contributed by atoms with E-state index in [-0.39, 0.29) is 18.0 Å². The molecule has 0 radical (unpaired) electrons. The zero-order chi connectivity index (χ0) is 20.6. The zero-order valence-corrected chi connectivity index (χ0v) is 14.9. The molecular formula is C19H18F3NO5. The van der Waals surface area contributed by atoms with Crippen LogP contribution in [0.5, 0.6) is 5.75 Å². The Hall–Kier alpha value is -3.23. The van der Waals surface area contributed by atoms with Crippen LogP contribution in [0.4, 0.5) is 18.9 Å². The number of hydrogen-bond donors (Lipinski definition) is 1. The highest BCUT2D eigenvalue weighted by Crippen LogP contribution is 2.35. The Morgan fingerprint density at radius 2 is 2.04 bits per heavy atom. The average Bonchev–Trinajstić information content (AvgIpc) is 3.16. The minimum atomic E-state index is -4.58. The van der Waals surface area contributed by atoms with Gasteiger partial charge in [0.05, 0.1) is 24.1 Å². The van der Waals surface area contributed by atoms with E-state index < -0.39 is 30.2 Å². The number of anilines is 1. The SMILES string of the molecule is CCCOc1ccc(C(F)(F)F)cc1NC(=O)COC(=O)/C=C/c1ccco1. The van der Waals surface area contributed by atoms with Crippen LogP contribution in [0.2, 0.25) is 0 Å². The van der Waals surface area contributed by atoms with Crippen LogP contribution in [0.3, 0.4) is 0 Å². The maximum Gasteiger partial charge on any atom is 0.416 e. The van der Waals surface area contributed by atoms with Gasteiger partial charge in [-0.1, -0.05) is 6.92 Å². The first kappa shape index (κ1) is 21.1. The van der Waals surface area contributed by atoms with Crippen LogP contribution in [0, 0.1) is 0 Å². The zero-order valence-electron chi connectivity index (χ0n) is 14.9. The van der Waals surface area contributed by atoms with Gasteiger partial charge in [-0.15, -0.1) is 0 Å². The summed E-state index contributed by atoms with van der Waals surface area (Å²) in [4.78, 5) is 23.6. The summed E-state index contributed by atoms with van der Waals surface area (Å²) in [5, 5.41) is 2.27. The highest BCUT2D eigenvalue weighted by atomic mass is 19.4. The third-order valence-corrected chi connectivity index (χ3v) is 3.32. The standard InChI is InChI=1S/C19H18F3NO5/c1-2-9-27-16-7-5-13(19(20,21)22)11-15(16)23-17(24)12-28-18(25)8-6-14-4-3-10-26-14/h3-8,10-11H,2,9,12H2,1H3,(H,23,24)/b8-6+. The third-order valence-electron chi connectivity index (χ3n) is 3.32. The highest BCUT2D eigenvalue weighted by Gasteiger charge is 2.31. The summed E-state index contributed by atoms with van der Waals surface area (Å²) in [7, 11) is 0. The van der Waals surface area contributed by atoms with Gasteiger partial charge >= 0.3 is 12.1 Å². The number of esters is 1. The van der Waals surface area contributed by atoms with Crippen LogP contribution in [0.1, 0.15) is 24.7 Å². The Balaban J connectivity index is 1.99. The summed E-state index contributed by atoms with van der Waals surface area (Å²) >= 11 is 0. The summed E-state index contributed by atoms with van der Waals surface area (Å²) in [6.45, 7) is 1.42. The molecule has 2 rings (SSSR count). The second-order valence-corrected chi connectivity index (χ2v) is 5.56. The minimum absolute atomic E-state index is 0.0900. The van der Waals surface area contributed by atoms with Gasteiger partial charge in [-0.3, -0.25) is 4.79 Å². The number of amides is 1. The number of halogens is 3. The van der Waals surface area contributed by atoms with E-state index >= 15 is 0 Å². The molecule has 1 aromatic heterocycles. The van der Waals surface area contributed by atoms with Crippen molar-refractivity contribution >= 4 is 23.6 Å². The lowest BCUT2D eigenvalue weighted by atomic mass is 10.1. The van der Waals surface area contributed by atoms with Crippen LogP contribution in [0.15, 0.2) is 47.1 Å². The van der Waals surface area contributed by atoms with Crippen molar-refractivity contribution in [1.82, 2.24) is 0 Å². The van der Waals surface area contributed by atoms with Crippen molar-refractivity contribution in [3.63, 3.8) is 0 Å². The van der Waals surface area contributed by atoms with Gasteiger partial charge < -0.3 is 19.2 Å². The van der Waals surface area contributed by atoms with Crippen molar-refractivity contribution in [2.24, 2.45) is 0 Å². The lowest BCUT2D eigenvalue weighted by molar-refractivity contribution is -0.142. The first-order valence-electron chi connectivity index (χ1n) is 8.32. The molecule has 9 heteroatoms. The van der Waals surface area contributed by atoms with Gasteiger partial charge in [0.15, 0.2) is 6.61 Å². The molecule has 1 heterocycles. The molecular weight excluding hydrogens is 379 g/mol. The second kappa shape index (κ2) is 9.63. The topological polar surface area (TPSA) is 77.8 Å². The van der Waals surface area contributed by atoms with E-state index in [2.05, 4.69) is 5.32 Å². The third kappa shape index (κ3) is 6.49. The lowest BCUT2D eigenvalue weighted by Gasteiger charge is -2.15. The maximum absolute atomic E-state index is 12.9. The molecule has 0 atom stereocenters. The molecule has 0 fully saturated rings. The second-order valence-electron chi connectivity index (χ2n) is 5.56. The van der Waals surface area contributed by atoms with Gasteiger partial charge in [0.1, 0.15) is 11.5 Å². The van der Waals surface area contributed by atoms with Crippen LogP contribution in [0.25, 0.3) is 6.08 Å². The predicted octanol–water partition coefficient (Wildman–Crippen LogP) is 4.28. The molecule has 0 aliphatic carbocycles. The van der Waals surface area contributed by atoms with E-state index in [1.54, 1.807) is 12.1 Å². The van der Waals surface area contributed by atoms with E-state index in [0.29, 0.717) is 12.2 Å². The molecule has 2 aromatic rings. The van der Waals surface area contributed by atoms with Crippen LogP contribution >= 0.6 is 0 Å². The van der Waals surface area contributed by atoms with Gasteiger partial charge in [-0.05, 0) is 42.8 Å². The highest BCUT2D eigenvalue weighted by molar-refractivity contribution is 5.95. The van der Waals surface area contributed by atoms with Crippen molar-refractivity contribution in [3.05, 3.63) is 54.0 Å². The summed E-state index contributed by atoms with van der Waals surface area (Å²) in [5.41, 5.74) is -1.10. The van der Waals surface area contributed by atoms with Crippen molar-refractivity contribution in [2.45, 2.75) is 19.5 Å². The number of nitrogens with one attached hydrogen (secondary N) is 1. The quantitative estimate of drug-likeness (QED) is 0.531. The van der Waals surface area contributed by atoms with Crippen molar-refractivity contribution in [3.8, 4) is 5.75 Å². The minimum Gasteiger partial charge on any atom is -0.491 e. The van der Waals surface area contributed by atoms with Gasteiger partial charge in [0, 0.05) is 6.08 Å². The number of furan rings is 1. The Labute approximate surface area is 158 Å². The number of carbonyl (C=O) groups excluding carboxylic acids is 2. The first-order chi connectivity index (χ1) is 13.3. The number of alkyl halides is 3. The van der Waals surface area contributed by atoms with Gasteiger partial charge in [0.25, 0.3) is 5.91 Å². The monoisotopic (exact) mass is 397 g/mol. The molecule has 6 nitrogen and oxygen atoms in total. The van der Waals surface area contributed by atoms with E-state index in [0.717, 1.165) is 24.3 Å². The fourth-order valence-electron chi connectivity index (χ4n) is 2.05. The van der Waals surface area contributed by atoms with E-state index in [4.69, 9.17) is 13.9 Å². The molecule has 28 heavy (non-hydrogen) atoms. The molecule has 0 spiro atoms. The maximum atomic E-state index is 12.9. The van der Waals surface area contributed by atoms with Crippen LogP contribution < -0.4 is 10.1 Å². The molecule has 0 saturated carbocycles. The molecule has 150 valence electrons. The van der Waals surface area contributed by atoms with E-state index in [1.165, 1.54) is 12.3 Å². The normalized spacial score (nSPS) is 11.4. The number of ether oxygens (including phenoxy) is 2. The largest absolute Gasteiger partial charge is 0.491 e. The number of hydrogen-bond acceptors (Lipinski definition) is 5. The molecule has 0 saturated heterocycles. The summed E-state index contributed by atoms with van der Waals surface area (Å²) in [6.07, 6.45) is -0.110. The molecule has 0 aliphatic rings. The molecule has 0 unspecified atom stereocenters. The molecule has 0 aliphatic heterocycles. The Morgan fingerprint density at radius 1 is 1.25 bits per heavy atom. The molecule has 1 aromatic carbocycles. The number of benzene rings is 1. The van der Waals surface area contributed by atoms with Gasteiger partial charge in [0.2, 0.25) is 0 Å². The van der Waals surface area contributed by atoms with Crippen molar-refractivity contribution in [1.29, 1.82) is 0 Å². The van der Waals surface area contributed by atoms with Gasteiger partial charge in [-0.2, -0.15) is 13.2 Å². The lowest BCUT2D eigenvalue weighted by Crippen LogP contribution is -2.21. The molecule has 1 amide bonds. The summed E-state index contributed by atoms with van der Waals surface area (Å²) in [6, 6.07) is 6.00. The molecule has 1 N–H and O–H groups in total. The van der Waals surface area contributed by atoms with Gasteiger partial charge in [-0.25, -0.2) is 4.79 Å². The van der Waals surface area contributed by atoms with Crippen LogP contribution in [-0.2, 0) is 20.5 Å². The fraction of sp³-hybridized carbons (Fsp3) is 0.263. The van der Waals surface area contributed by atoms with Crippen LogP contribution in [-0.4, -0.2) is 25.1 Å². The van der Waals surface area contributed by atoms with E-state index in [9.17, 15) is 22.8 Å². The average molecular weight is 397 g/mol. The Kier molecular flexibility index (Phi) is 7.25. The predicted molar refractivity (Wildman–Crippen MR) is 94.6 cm³/mol. The number of carbonyl (C=O) groups is 2. The Morgan fingerprint density at radius 3 is 2.68 bits per heavy atom. The molecule has 0 bridgehead atoms. The smallest absolute Gasteiger partial charge is 0.416 e. The number of rotatable bonds is 8.